The number of halogens is 1. The van der Waals surface area contributed by atoms with Crippen LogP contribution in [0.25, 0.3) is 0 Å². The summed E-state index contributed by atoms with van der Waals surface area (Å²) >= 11 is 6.52. The molecule has 1 heterocycles. The maximum atomic E-state index is 11.8. The van der Waals surface area contributed by atoms with Crippen LogP contribution in [0.4, 0.5) is 5.69 Å². The molecule has 2 aromatic rings. The number of anilines is 1. The molecule has 0 spiro atoms. The Morgan fingerprint density at radius 1 is 1.04 bits per heavy atom. The van der Waals surface area contributed by atoms with Crippen LogP contribution in [0.15, 0.2) is 42.5 Å². The van der Waals surface area contributed by atoms with Crippen LogP contribution in [-0.4, -0.2) is 11.1 Å². The summed E-state index contributed by atoms with van der Waals surface area (Å²) < 4.78 is 0. The van der Waals surface area contributed by atoms with Crippen molar-refractivity contribution in [2.24, 2.45) is 17.8 Å². The molecule has 2 saturated carbocycles. The van der Waals surface area contributed by atoms with Crippen molar-refractivity contribution in [3.05, 3.63) is 64.2 Å². The van der Waals surface area contributed by atoms with Gasteiger partial charge in [-0.1, -0.05) is 41.9 Å². The summed E-state index contributed by atoms with van der Waals surface area (Å²) in [5.41, 5.74) is 3.46. The molecule has 2 aromatic carbocycles. The Morgan fingerprint density at radius 3 is 2.60 bits per heavy atom. The first kappa shape index (κ1) is 15.3. The third kappa shape index (κ3) is 2.15. The van der Waals surface area contributed by atoms with E-state index in [-0.39, 0.29) is 6.04 Å². The van der Waals surface area contributed by atoms with Crippen LogP contribution >= 0.6 is 11.6 Å². The van der Waals surface area contributed by atoms with Crippen LogP contribution in [0.2, 0.25) is 5.02 Å². The Hall–Kier alpha value is -2.00. The van der Waals surface area contributed by atoms with Crippen LogP contribution in [0.5, 0.6) is 0 Å². The van der Waals surface area contributed by atoms with E-state index in [2.05, 4.69) is 17.4 Å². The Kier molecular flexibility index (Phi) is 3.36. The molecule has 0 amide bonds. The molecule has 4 heteroatoms. The van der Waals surface area contributed by atoms with Crippen LogP contribution < -0.4 is 5.32 Å². The average molecular weight is 354 g/mol. The molecule has 3 nitrogen and oxygen atoms in total. The van der Waals surface area contributed by atoms with Gasteiger partial charge in [-0.15, -0.1) is 0 Å². The molecule has 5 rings (SSSR count). The number of carboxylic acid groups (broad SMARTS) is 1. The van der Waals surface area contributed by atoms with Crippen molar-refractivity contribution in [2.45, 2.75) is 31.2 Å². The van der Waals surface area contributed by atoms with Gasteiger partial charge in [0.1, 0.15) is 0 Å². The van der Waals surface area contributed by atoms with E-state index in [1.165, 1.54) is 24.8 Å². The Bertz CT molecular complexity index is 865. The van der Waals surface area contributed by atoms with Crippen molar-refractivity contribution < 1.29 is 9.90 Å². The average Bonchev–Trinajstić information content (AvgIpc) is 3.23. The largest absolute Gasteiger partial charge is 0.478 e. The van der Waals surface area contributed by atoms with E-state index in [9.17, 15) is 9.90 Å². The normalized spacial score (nSPS) is 32.0. The van der Waals surface area contributed by atoms with Gasteiger partial charge in [0.05, 0.1) is 17.3 Å². The lowest BCUT2D eigenvalue weighted by Crippen LogP contribution is -2.36. The molecule has 0 radical (unpaired) electrons. The third-order valence-corrected chi connectivity index (χ3v) is 6.94. The first-order valence-corrected chi connectivity index (χ1v) is 9.40. The molecule has 0 unspecified atom stereocenters. The number of aromatic carboxylic acids is 1. The quantitative estimate of drug-likeness (QED) is 0.766. The third-order valence-electron chi connectivity index (χ3n) is 6.59. The maximum Gasteiger partial charge on any atom is 0.337 e. The van der Waals surface area contributed by atoms with Crippen LogP contribution in [0, 0.1) is 17.8 Å². The molecule has 128 valence electrons. The monoisotopic (exact) mass is 353 g/mol. The van der Waals surface area contributed by atoms with Gasteiger partial charge in [-0.2, -0.15) is 0 Å². The van der Waals surface area contributed by atoms with Gasteiger partial charge in [-0.3, -0.25) is 0 Å². The van der Waals surface area contributed by atoms with Crippen molar-refractivity contribution in [3.8, 4) is 0 Å². The molecule has 3 aliphatic rings. The van der Waals surface area contributed by atoms with E-state index in [0.29, 0.717) is 29.2 Å². The van der Waals surface area contributed by atoms with Crippen molar-refractivity contribution in [2.75, 3.05) is 5.32 Å². The zero-order chi connectivity index (χ0) is 17.1. The highest BCUT2D eigenvalue weighted by molar-refractivity contribution is 6.31. The number of hydrogen-bond acceptors (Lipinski definition) is 2. The number of benzene rings is 2. The van der Waals surface area contributed by atoms with Gasteiger partial charge in [0.2, 0.25) is 0 Å². The highest BCUT2D eigenvalue weighted by Gasteiger charge is 2.54. The standard InChI is InChI=1S/C21H20ClNO2/c22-16-7-2-1-4-13(16)20-18-12-9-8-11(10-12)17(18)14-5-3-6-15(21(24)25)19(14)23-20/h1-7,11-12,17-18,20,23H,8-10H2,(H,24,25)/t11-,12-,17+,18+,20+/m0/s1. The van der Waals surface area contributed by atoms with E-state index >= 15 is 0 Å². The molecule has 1 aliphatic heterocycles. The van der Waals surface area contributed by atoms with Crippen molar-refractivity contribution in [1.82, 2.24) is 0 Å². The number of carbonyl (C=O) groups is 1. The summed E-state index contributed by atoms with van der Waals surface area (Å²) in [5.74, 6) is 1.44. The lowest BCUT2D eigenvalue weighted by molar-refractivity contribution is 0.0697. The molecule has 2 bridgehead atoms. The zero-order valence-corrected chi connectivity index (χ0v) is 14.5. The summed E-state index contributed by atoms with van der Waals surface area (Å²) in [7, 11) is 0. The van der Waals surface area contributed by atoms with E-state index in [1.807, 2.05) is 24.3 Å². The molecule has 2 N–H and O–H groups in total. The van der Waals surface area contributed by atoms with E-state index in [1.54, 1.807) is 6.07 Å². The van der Waals surface area contributed by atoms with Gasteiger partial charge in [-0.25, -0.2) is 4.79 Å². The van der Waals surface area contributed by atoms with Gasteiger partial charge in [-0.05, 0) is 66.2 Å². The smallest absolute Gasteiger partial charge is 0.337 e. The lowest BCUT2D eigenvalue weighted by atomic mass is 9.67. The molecule has 0 aromatic heterocycles. The van der Waals surface area contributed by atoms with Crippen LogP contribution in [-0.2, 0) is 0 Å². The fourth-order valence-electron chi connectivity index (χ4n) is 5.73. The number of rotatable bonds is 2. The summed E-state index contributed by atoms with van der Waals surface area (Å²) in [6, 6.07) is 13.8. The molecule has 0 saturated heterocycles. The lowest BCUT2D eigenvalue weighted by Gasteiger charge is -2.44. The molecule has 5 atom stereocenters. The Balaban J connectivity index is 1.70. The highest BCUT2D eigenvalue weighted by Crippen LogP contribution is 2.64. The van der Waals surface area contributed by atoms with Gasteiger partial charge >= 0.3 is 5.97 Å². The van der Waals surface area contributed by atoms with E-state index in [4.69, 9.17) is 11.6 Å². The summed E-state index contributed by atoms with van der Waals surface area (Å²) in [5, 5.41) is 14.0. The summed E-state index contributed by atoms with van der Waals surface area (Å²) in [6.07, 6.45) is 3.80. The minimum absolute atomic E-state index is 0.0852. The van der Waals surface area contributed by atoms with Crippen molar-refractivity contribution in [1.29, 1.82) is 0 Å². The minimum Gasteiger partial charge on any atom is -0.478 e. The number of hydrogen-bond donors (Lipinski definition) is 2. The minimum atomic E-state index is -0.871. The van der Waals surface area contributed by atoms with Gasteiger partial charge < -0.3 is 10.4 Å². The summed E-state index contributed by atoms with van der Waals surface area (Å²) in [6.45, 7) is 0. The second kappa shape index (κ2) is 5.50. The first-order valence-electron chi connectivity index (χ1n) is 9.02. The predicted octanol–water partition coefficient (Wildman–Crippen LogP) is 5.33. The highest BCUT2D eigenvalue weighted by atomic mass is 35.5. The molecular formula is C21H20ClNO2. The van der Waals surface area contributed by atoms with Gasteiger partial charge in [0.15, 0.2) is 0 Å². The van der Waals surface area contributed by atoms with Crippen LogP contribution in [0.1, 0.15) is 52.7 Å². The number of carboxylic acids is 1. The molecule has 2 aliphatic carbocycles. The fourth-order valence-corrected chi connectivity index (χ4v) is 5.98. The number of para-hydroxylation sites is 1. The Labute approximate surface area is 152 Å². The van der Waals surface area contributed by atoms with E-state index in [0.717, 1.165) is 16.3 Å². The van der Waals surface area contributed by atoms with E-state index < -0.39 is 5.97 Å². The topological polar surface area (TPSA) is 49.3 Å². The number of fused-ring (bicyclic) bond motifs is 7. The SMILES string of the molecule is O=C(O)c1cccc2c1N[C@H](c1ccccc1Cl)[C@@H]1[C@H]3CC[C@@H](C3)[C@H]21. The Morgan fingerprint density at radius 2 is 1.80 bits per heavy atom. The second-order valence-electron chi connectivity index (χ2n) is 7.65. The maximum absolute atomic E-state index is 11.8. The molecule has 25 heavy (non-hydrogen) atoms. The zero-order valence-electron chi connectivity index (χ0n) is 13.8. The first-order chi connectivity index (χ1) is 12.1. The fraction of sp³-hybridized carbons (Fsp3) is 0.381. The molecular weight excluding hydrogens is 334 g/mol. The van der Waals surface area contributed by atoms with Crippen LogP contribution in [0.3, 0.4) is 0 Å². The second-order valence-corrected chi connectivity index (χ2v) is 8.06. The van der Waals surface area contributed by atoms with Gasteiger partial charge in [0, 0.05) is 5.02 Å². The van der Waals surface area contributed by atoms with Gasteiger partial charge in [0.25, 0.3) is 0 Å². The summed E-state index contributed by atoms with van der Waals surface area (Å²) in [4.78, 5) is 11.8. The van der Waals surface area contributed by atoms with Crippen molar-refractivity contribution in [3.63, 3.8) is 0 Å². The number of nitrogens with one attached hydrogen (secondary N) is 1. The molecule has 2 fully saturated rings. The predicted molar refractivity (Wildman–Crippen MR) is 98.3 cm³/mol. The van der Waals surface area contributed by atoms with Crippen molar-refractivity contribution >= 4 is 23.3 Å².